The first-order valence-electron chi connectivity index (χ1n) is 8.87. The third kappa shape index (κ3) is 3.22. The molecule has 1 amide bonds. The van der Waals surface area contributed by atoms with Gasteiger partial charge in [0.15, 0.2) is 6.04 Å². The minimum atomic E-state index is -1.22. The number of amides is 1. The van der Waals surface area contributed by atoms with Crippen molar-refractivity contribution in [2.75, 3.05) is 6.61 Å². The zero-order valence-electron chi connectivity index (χ0n) is 15.2. The lowest BCUT2D eigenvalue weighted by molar-refractivity contribution is -0.139. The molecule has 1 aromatic heterocycles. The Balaban J connectivity index is 1.48. The molecule has 0 spiro atoms. The standard InChI is InChI=1S/C21H19N3O4/c1-24-11-13(10-22-24)19(20(25)26)23-21(27)28-12-18-16-8-4-2-6-14(16)15-7-3-5-9-17(15)18/h2-11,18-19H,12H2,1H3,(H,23,27)(H,25,26)/t19-/m1/s1. The first-order valence-corrected chi connectivity index (χ1v) is 8.87. The van der Waals surface area contributed by atoms with Crippen molar-refractivity contribution in [3.8, 4) is 11.1 Å². The number of fused-ring (bicyclic) bond motifs is 3. The van der Waals surface area contributed by atoms with Crippen molar-refractivity contribution in [3.05, 3.63) is 77.6 Å². The van der Waals surface area contributed by atoms with Gasteiger partial charge in [-0.3, -0.25) is 4.68 Å². The zero-order valence-corrected chi connectivity index (χ0v) is 15.2. The number of carboxylic acid groups (broad SMARTS) is 1. The molecule has 142 valence electrons. The number of rotatable bonds is 5. The maximum atomic E-state index is 12.3. The number of hydrogen-bond donors (Lipinski definition) is 2. The predicted octanol–water partition coefficient (Wildman–Crippen LogP) is 3.08. The number of benzene rings is 2. The van der Waals surface area contributed by atoms with Crippen molar-refractivity contribution in [1.82, 2.24) is 15.1 Å². The number of alkyl carbamates (subject to hydrolysis) is 1. The Morgan fingerprint density at radius 1 is 1.14 bits per heavy atom. The highest BCUT2D eigenvalue weighted by atomic mass is 16.5. The molecule has 2 N–H and O–H groups in total. The summed E-state index contributed by atoms with van der Waals surface area (Å²) in [6.07, 6.45) is 2.17. The van der Waals surface area contributed by atoms with E-state index in [2.05, 4.69) is 22.5 Å². The van der Waals surface area contributed by atoms with Gasteiger partial charge in [-0.2, -0.15) is 5.10 Å². The molecule has 0 unspecified atom stereocenters. The van der Waals surface area contributed by atoms with E-state index in [-0.39, 0.29) is 12.5 Å². The molecule has 3 aromatic rings. The van der Waals surface area contributed by atoms with E-state index in [0.29, 0.717) is 5.56 Å². The normalized spacial score (nSPS) is 13.5. The monoisotopic (exact) mass is 377 g/mol. The number of carbonyl (C=O) groups excluding carboxylic acids is 1. The van der Waals surface area contributed by atoms with Gasteiger partial charge in [0.1, 0.15) is 6.61 Å². The molecule has 4 rings (SSSR count). The summed E-state index contributed by atoms with van der Waals surface area (Å²) in [5.41, 5.74) is 4.83. The fourth-order valence-corrected chi connectivity index (χ4v) is 3.63. The van der Waals surface area contributed by atoms with Gasteiger partial charge in [0, 0.05) is 24.7 Å². The molecule has 0 radical (unpaired) electrons. The number of nitrogens with one attached hydrogen (secondary N) is 1. The Kier molecular flexibility index (Phi) is 4.57. The molecule has 1 aliphatic carbocycles. The largest absolute Gasteiger partial charge is 0.479 e. The number of aliphatic carboxylic acids is 1. The number of nitrogens with zero attached hydrogens (tertiary/aromatic N) is 2. The summed E-state index contributed by atoms with van der Waals surface area (Å²) in [5.74, 6) is -1.26. The van der Waals surface area contributed by atoms with Crippen molar-refractivity contribution >= 4 is 12.1 Å². The molecule has 7 nitrogen and oxygen atoms in total. The maximum absolute atomic E-state index is 12.3. The molecule has 28 heavy (non-hydrogen) atoms. The lowest BCUT2D eigenvalue weighted by Crippen LogP contribution is -2.34. The second kappa shape index (κ2) is 7.19. The van der Waals surface area contributed by atoms with Gasteiger partial charge in [-0.15, -0.1) is 0 Å². The van der Waals surface area contributed by atoms with Crippen molar-refractivity contribution in [2.45, 2.75) is 12.0 Å². The average molecular weight is 377 g/mol. The van der Waals surface area contributed by atoms with Crippen LogP contribution in [-0.4, -0.2) is 33.6 Å². The van der Waals surface area contributed by atoms with E-state index < -0.39 is 18.1 Å². The van der Waals surface area contributed by atoms with E-state index >= 15 is 0 Å². The van der Waals surface area contributed by atoms with Crippen LogP contribution in [0.4, 0.5) is 4.79 Å². The first-order chi connectivity index (χ1) is 13.5. The average Bonchev–Trinajstić information content (AvgIpc) is 3.26. The molecule has 0 saturated carbocycles. The van der Waals surface area contributed by atoms with Crippen LogP contribution in [0.2, 0.25) is 0 Å². The van der Waals surface area contributed by atoms with E-state index in [1.807, 2.05) is 36.4 Å². The molecule has 0 aliphatic heterocycles. The topological polar surface area (TPSA) is 93.5 Å². The van der Waals surface area contributed by atoms with E-state index in [1.165, 1.54) is 10.9 Å². The molecule has 1 atom stereocenters. The maximum Gasteiger partial charge on any atom is 0.408 e. The van der Waals surface area contributed by atoms with Crippen LogP contribution >= 0.6 is 0 Å². The van der Waals surface area contributed by atoms with Gasteiger partial charge < -0.3 is 15.2 Å². The Hall–Kier alpha value is -3.61. The third-order valence-electron chi connectivity index (χ3n) is 4.91. The Morgan fingerprint density at radius 3 is 2.29 bits per heavy atom. The van der Waals surface area contributed by atoms with E-state index in [4.69, 9.17) is 4.74 Å². The molecular formula is C21H19N3O4. The van der Waals surface area contributed by atoms with Crippen LogP contribution < -0.4 is 5.32 Å². The summed E-state index contributed by atoms with van der Waals surface area (Å²) in [4.78, 5) is 23.8. The number of aryl methyl sites for hydroxylation is 1. The zero-order chi connectivity index (χ0) is 19.7. The van der Waals surface area contributed by atoms with Crippen molar-refractivity contribution in [2.24, 2.45) is 7.05 Å². The molecular weight excluding hydrogens is 358 g/mol. The summed E-state index contributed by atoms with van der Waals surface area (Å²) in [6.45, 7) is 0.124. The summed E-state index contributed by atoms with van der Waals surface area (Å²) in [5, 5.41) is 15.8. The molecule has 1 heterocycles. The van der Waals surface area contributed by atoms with Crippen molar-refractivity contribution < 1.29 is 19.4 Å². The molecule has 0 saturated heterocycles. The molecule has 1 aliphatic rings. The predicted molar refractivity (Wildman–Crippen MR) is 102 cm³/mol. The van der Waals surface area contributed by atoms with E-state index in [0.717, 1.165) is 22.3 Å². The fraction of sp³-hybridized carbons (Fsp3) is 0.190. The number of ether oxygens (including phenoxy) is 1. The van der Waals surface area contributed by atoms with Crippen LogP contribution in [0, 0.1) is 0 Å². The molecule has 0 fully saturated rings. The number of aromatic nitrogens is 2. The highest BCUT2D eigenvalue weighted by Gasteiger charge is 2.30. The summed E-state index contributed by atoms with van der Waals surface area (Å²) >= 11 is 0. The molecule has 0 bridgehead atoms. The quantitative estimate of drug-likeness (QED) is 0.713. The fourth-order valence-electron chi connectivity index (χ4n) is 3.63. The van der Waals surface area contributed by atoms with Crippen LogP contribution in [-0.2, 0) is 16.6 Å². The van der Waals surface area contributed by atoms with Gasteiger partial charge >= 0.3 is 12.1 Å². The minimum Gasteiger partial charge on any atom is -0.479 e. The molecule has 7 heteroatoms. The Bertz CT molecular complexity index is 998. The number of carbonyl (C=O) groups is 2. The lowest BCUT2D eigenvalue weighted by Gasteiger charge is -2.16. The van der Waals surface area contributed by atoms with Gasteiger partial charge in [-0.25, -0.2) is 9.59 Å². The lowest BCUT2D eigenvalue weighted by atomic mass is 9.98. The SMILES string of the molecule is Cn1cc([C@@H](NC(=O)OCC2c3ccccc3-c3ccccc32)C(=O)O)cn1. The second-order valence-electron chi connectivity index (χ2n) is 6.69. The Morgan fingerprint density at radius 2 is 1.75 bits per heavy atom. The van der Waals surface area contributed by atoms with Gasteiger partial charge in [-0.05, 0) is 22.3 Å². The van der Waals surface area contributed by atoms with Gasteiger partial charge in [0.25, 0.3) is 0 Å². The van der Waals surface area contributed by atoms with Gasteiger partial charge in [0.05, 0.1) is 6.20 Å². The highest BCUT2D eigenvalue weighted by Crippen LogP contribution is 2.44. The summed E-state index contributed by atoms with van der Waals surface area (Å²) in [7, 11) is 1.68. The van der Waals surface area contributed by atoms with Gasteiger partial charge in [0.2, 0.25) is 0 Å². The summed E-state index contributed by atoms with van der Waals surface area (Å²) < 4.78 is 6.88. The summed E-state index contributed by atoms with van der Waals surface area (Å²) in [6, 6.07) is 14.8. The number of carboxylic acids is 1. The second-order valence-corrected chi connectivity index (χ2v) is 6.69. The minimum absolute atomic E-state index is 0.0835. The smallest absolute Gasteiger partial charge is 0.408 e. The van der Waals surface area contributed by atoms with Crippen LogP contribution in [0.3, 0.4) is 0 Å². The van der Waals surface area contributed by atoms with Crippen LogP contribution in [0.15, 0.2) is 60.9 Å². The first kappa shape index (κ1) is 17.8. The highest BCUT2D eigenvalue weighted by molar-refractivity contribution is 5.82. The third-order valence-corrected chi connectivity index (χ3v) is 4.91. The van der Waals surface area contributed by atoms with Crippen LogP contribution in [0.5, 0.6) is 0 Å². The van der Waals surface area contributed by atoms with E-state index in [9.17, 15) is 14.7 Å². The van der Waals surface area contributed by atoms with Crippen LogP contribution in [0.25, 0.3) is 11.1 Å². The van der Waals surface area contributed by atoms with E-state index in [1.54, 1.807) is 13.2 Å². The number of hydrogen-bond acceptors (Lipinski definition) is 4. The van der Waals surface area contributed by atoms with Gasteiger partial charge in [-0.1, -0.05) is 48.5 Å². The van der Waals surface area contributed by atoms with Crippen LogP contribution in [0.1, 0.15) is 28.7 Å². The Labute approximate surface area is 161 Å². The van der Waals surface area contributed by atoms with Crippen molar-refractivity contribution in [1.29, 1.82) is 0 Å². The molecule has 2 aromatic carbocycles. The van der Waals surface area contributed by atoms with Crippen molar-refractivity contribution in [3.63, 3.8) is 0 Å².